The van der Waals surface area contributed by atoms with Crippen LogP contribution in [0.5, 0.6) is 0 Å². The van der Waals surface area contributed by atoms with E-state index in [2.05, 4.69) is 5.32 Å². The highest BCUT2D eigenvalue weighted by molar-refractivity contribution is 5.77. The lowest BCUT2D eigenvalue weighted by Crippen LogP contribution is -2.31. The van der Waals surface area contributed by atoms with Crippen LogP contribution in [0.4, 0.5) is 4.39 Å². The van der Waals surface area contributed by atoms with Crippen molar-refractivity contribution in [1.82, 2.24) is 5.32 Å². The fraction of sp³-hybridized carbons (Fsp3) is 0.235. The van der Waals surface area contributed by atoms with E-state index in [1.54, 1.807) is 12.1 Å². The van der Waals surface area contributed by atoms with Gasteiger partial charge < -0.3 is 4.74 Å². The highest BCUT2D eigenvalue weighted by Gasteiger charge is 2.23. The van der Waals surface area contributed by atoms with Crippen LogP contribution in [0.25, 0.3) is 0 Å². The first-order valence-electron chi connectivity index (χ1n) is 6.76. The van der Waals surface area contributed by atoms with Crippen molar-refractivity contribution in [2.24, 2.45) is 0 Å². The van der Waals surface area contributed by atoms with E-state index >= 15 is 0 Å². The fourth-order valence-electron chi connectivity index (χ4n) is 2.16. The molecule has 0 aliphatic heterocycles. The minimum absolute atomic E-state index is 0.0413. The zero-order valence-corrected chi connectivity index (χ0v) is 12.0. The monoisotopic (exact) mass is 287 g/mol. The molecule has 0 saturated heterocycles. The molecule has 21 heavy (non-hydrogen) atoms. The molecule has 0 amide bonds. The third-order valence-electron chi connectivity index (χ3n) is 3.36. The molecular formula is C17H18FNO2. The van der Waals surface area contributed by atoms with Crippen molar-refractivity contribution >= 4 is 5.97 Å². The van der Waals surface area contributed by atoms with E-state index in [0.29, 0.717) is 5.56 Å². The summed E-state index contributed by atoms with van der Waals surface area (Å²) in [6.07, 6.45) is 0. The molecule has 0 spiro atoms. The molecule has 0 aliphatic carbocycles. The second-order valence-electron chi connectivity index (χ2n) is 4.81. The van der Waals surface area contributed by atoms with Crippen LogP contribution in [0.1, 0.15) is 30.1 Å². The molecule has 0 aliphatic rings. The van der Waals surface area contributed by atoms with E-state index in [9.17, 15) is 9.18 Å². The van der Waals surface area contributed by atoms with Gasteiger partial charge in [0.2, 0.25) is 0 Å². The molecule has 0 radical (unpaired) electrons. The van der Waals surface area contributed by atoms with Crippen molar-refractivity contribution in [1.29, 1.82) is 0 Å². The Balaban J connectivity index is 2.21. The number of halogens is 1. The van der Waals surface area contributed by atoms with Crippen LogP contribution in [0.15, 0.2) is 54.6 Å². The van der Waals surface area contributed by atoms with Gasteiger partial charge in [-0.2, -0.15) is 0 Å². The molecule has 2 unspecified atom stereocenters. The maximum absolute atomic E-state index is 13.0. The van der Waals surface area contributed by atoms with E-state index in [1.165, 1.54) is 19.2 Å². The number of ether oxygens (including phenoxy) is 1. The Morgan fingerprint density at radius 3 is 2.24 bits per heavy atom. The molecule has 2 rings (SSSR count). The third kappa shape index (κ3) is 3.89. The summed E-state index contributed by atoms with van der Waals surface area (Å²) in [6, 6.07) is 15.0. The number of nitrogens with one attached hydrogen (secondary N) is 1. The molecule has 0 saturated carbocycles. The summed E-state index contributed by atoms with van der Waals surface area (Å²) in [5, 5.41) is 3.22. The van der Waals surface area contributed by atoms with E-state index in [1.807, 2.05) is 37.3 Å². The number of rotatable bonds is 5. The zero-order valence-electron chi connectivity index (χ0n) is 12.0. The van der Waals surface area contributed by atoms with Gasteiger partial charge in [-0.1, -0.05) is 42.5 Å². The van der Waals surface area contributed by atoms with E-state index in [-0.39, 0.29) is 11.9 Å². The van der Waals surface area contributed by atoms with Crippen LogP contribution in [-0.2, 0) is 9.53 Å². The number of methoxy groups -OCH3 is 1. The summed E-state index contributed by atoms with van der Waals surface area (Å²) in [5.74, 6) is -0.733. The molecule has 2 aromatic carbocycles. The molecule has 2 atom stereocenters. The van der Waals surface area contributed by atoms with E-state index in [4.69, 9.17) is 4.74 Å². The highest BCUT2D eigenvalue weighted by Crippen LogP contribution is 2.21. The summed E-state index contributed by atoms with van der Waals surface area (Å²) < 4.78 is 17.9. The van der Waals surface area contributed by atoms with Gasteiger partial charge in [0.25, 0.3) is 0 Å². The summed E-state index contributed by atoms with van der Waals surface area (Å²) >= 11 is 0. The van der Waals surface area contributed by atoms with Gasteiger partial charge in [-0.15, -0.1) is 0 Å². The minimum atomic E-state index is -0.634. The van der Waals surface area contributed by atoms with Crippen LogP contribution < -0.4 is 5.32 Å². The molecule has 110 valence electrons. The predicted octanol–water partition coefficient (Wildman–Crippen LogP) is 3.39. The Labute approximate surface area is 123 Å². The number of benzene rings is 2. The number of hydrogen-bond donors (Lipinski definition) is 1. The van der Waals surface area contributed by atoms with Crippen LogP contribution in [0, 0.1) is 5.82 Å². The lowest BCUT2D eigenvalue weighted by Gasteiger charge is -2.22. The maximum Gasteiger partial charge on any atom is 0.327 e. The van der Waals surface area contributed by atoms with Gasteiger partial charge in [0, 0.05) is 6.04 Å². The van der Waals surface area contributed by atoms with Crippen molar-refractivity contribution < 1.29 is 13.9 Å². The molecule has 0 bridgehead atoms. The first kappa shape index (κ1) is 15.2. The van der Waals surface area contributed by atoms with Gasteiger partial charge in [-0.25, -0.2) is 9.18 Å². The number of hydrogen-bond acceptors (Lipinski definition) is 3. The standard InChI is InChI=1S/C17H18FNO2/c1-12(13-6-4-3-5-7-13)19-16(17(20)21-2)14-8-10-15(18)11-9-14/h3-12,16,19H,1-2H3. The first-order valence-corrected chi connectivity index (χ1v) is 6.76. The average Bonchev–Trinajstić information content (AvgIpc) is 2.53. The Bertz CT molecular complexity index is 583. The Hall–Kier alpha value is -2.20. The number of carbonyl (C=O) groups excluding carboxylic acids is 1. The van der Waals surface area contributed by atoms with Crippen molar-refractivity contribution in [2.45, 2.75) is 19.0 Å². The molecule has 2 aromatic rings. The summed E-state index contributed by atoms with van der Waals surface area (Å²) in [4.78, 5) is 12.0. The quantitative estimate of drug-likeness (QED) is 0.857. The molecule has 1 N–H and O–H groups in total. The van der Waals surface area contributed by atoms with Gasteiger partial charge in [0.1, 0.15) is 11.9 Å². The average molecular weight is 287 g/mol. The van der Waals surface area contributed by atoms with E-state index in [0.717, 1.165) is 5.56 Å². The Kier molecular flexibility index (Phi) is 5.06. The summed E-state index contributed by atoms with van der Waals surface area (Å²) in [6.45, 7) is 1.97. The van der Waals surface area contributed by atoms with Crippen LogP contribution in [0.2, 0.25) is 0 Å². The zero-order chi connectivity index (χ0) is 15.2. The van der Waals surface area contributed by atoms with Gasteiger partial charge in [-0.3, -0.25) is 5.32 Å². The minimum Gasteiger partial charge on any atom is -0.468 e. The number of esters is 1. The second kappa shape index (κ2) is 6.99. The lowest BCUT2D eigenvalue weighted by atomic mass is 10.0. The van der Waals surface area contributed by atoms with E-state index < -0.39 is 12.0 Å². The van der Waals surface area contributed by atoms with Gasteiger partial charge in [-0.05, 0) is 30.2 Å². The van der Waals surface area contributed by atoms with Gasteiger partial charge >= 0.3 is 5.97 Å². The van der Waals surface area contributed by atoms with Crippen molar-refractivity contribution in [3.05, 3.63) is 71.5 Å². The van der Waals surface area contributed by atoms with Crippen molar-refractivity contribution in [2.75, 3.05) is 7.11 Å². The molecule has 0 fully saturated rings. The van der Waals surface area contributed by atoms with Crippen molar-refractivity contribution in [3.63, 3.8) is 0 Å². The molecule has 3 nitrogen and oxygen atoms in total. The molecular weight excluding hydrogens is 269 g/mol. The normalized spacial score (nSPS) is 13.5. The highest BCUT2D eigenvalue weighted by atomic mass is 19.1. The molecule has 0 aromatic heterocycles. The maximum atomic E-state index is 13.0. The Morgan fingerprint density at radius 1 is 1.05 bits per heavy atom. The SMILES string of the molecule is COC(=O)C(NC(C)c1ccccc1)c1ccc(F)cc1. The predicted molar refractivity (Wildman–Crippen MR) is 79.1 cm³/mol. The smallest absolute Gasteiger partial charge is 0.327 e. The lowest BCUT2D eigenvalue weighted by molar-refractivity contribution is -0.143. The molecule has 4 heteroatoms. The Morgan fingerprint density at radius 2 is 1.67 bits per heavy atom. The van der Waals surface area contributed by atoms with Crippen LogP contribution in [-0.4, -0.2) is 13.1 Å². The summed E-state index contributed by atoms with van der Waals surface area (Å²) in [5.41, 5.74) is 1.74. The topological polar surface area (TPSA) is 38.3 Å². The van der Waals surface area contributed by atoms with Crippen LogP contribution >= 0.6 is 0 Å². The van der Waals surface area contributed by atoms with Gasteiger partial charge in [0.15, 0.2) is 0 Å². The third-order valence-corrected chi connectivity index (χ3v) is 3.36. The number of carbonyl (C=O) groups is 1. The molecule has 0 heterocycles. The fourth-order valence-corrected chi connectivity index (χ4v) is 2.16. The largest absolute Gasteiger partial charge is 0.468 e. The van der Waals surface area contributed by atoms with Crippen molar-refractivity contribution in [3.8, 4) is 0 Å². The van der Waals surface area contributed by atoms with Crippen LogP contribution in [0.3, 0.4) is 0 Å². The summed E-state index contributed by atoms with van der Waals surface area (Å²) in [7, 11) is 1.34. The van der Waals surface area contributed by atoms with Gasteiger partial charge in [0.05, 0.1) is 7.11 Å². The first-order chi connectivity index (χ1) is 10.1. The second-order valence-corrected chi connectivity index (χ2v) is 4.81.